The van der Waals surface area contributed by atoms with Gasteiger partial charge in [-0.1, -0.05) is 12.1 Å². The second kappa shape index (κ2) is 7.45. The summed E-state index contributed by atoms with van der Waals surface area (Å²) in [6.07, 6.45) is -0.479. The maximum Gasteiger partial charge on any atom is 0.205 e. The summed E-state index contributed by atoms with van der Waals surface area (Å²) >= 11 is 1.27. The van der Waals surface area contributed by atoms with E-state index in [9.17, 15) is 9.18 Å². The molecule has 0 N–H and O–H groups in total. The van der Waals surface area contributed by atoms with E-state index in [0.29, 0.717) is 18.1 Å². The van der Waals surface area contributed by atoms with Gasteiger partial charge in [0.1, 0.15) is 5.82 Å². The molecule has 1 aromatic heterocycles. The number of ether oxygens (including phenoxy) is 2. The lowest BCUT2D eigenvalue weighted by Gasteiger charge is -2.14. The molecule has 0 amide bonds. The lowest BCUT2D eigenvalue weighted by molar-refractivity contribution is -0.138. The number of hydrogen-bond acceptors (Lipinski definition) is 4. The van der Waals surface area contributed by atoms with Crippen LogP contribution in [0, 0.1) is 5.82 Å². The average Bonchev–Trinajstić information content (AvgIpc) is 2.96. The van der Waals surface area contributed by atoms with Crippen molar-refractivity contribution in [3.63, 3.8) is 0 Å². The number of carbonyl (C=O) groups is 1. The summed E-state index contributed by atoms with van der Waals surface area (Å²) in [5, 5.41) is 0. The zero-order valence-corrected chi connectivity index (χ0v) is 12.8. The molecular formula is C16H17FO3S. The van der Waals surface area contributed by atoms with Crippen LogP contribution in [0.15, 0.2) is 36.4 Å². The minimum atomic E-state index is -0.511. The molecule has 2 rings (SSSR count). The molecule has 0 unspecified atom stereocenters. The van der Waals surface area contributed by atoms with Crippen LogP contribution >= 0.6 is 11.3 Å². The highest BCUT2D eigenvalue weighted by Crippen LogP contribution is 2.28. The molecule has 1 heterocycles. The number of halogens is 1. The first-order valence-electron chi connectivity index (χ1n) is 6.79. The van der Waals surface area contributed by atoms with Gasteiger partial charge in [0.2, 0.25) is 5.78 Å². The highest BCUT2D eigenvalue weighted by Gasteiger charge is 2.19. The lowest BCUT2D eigenvalue weighted by Crippen LogP contribution is -2.07. The van der Waals surface area contributed by atoms with Crippen LogP contribution < -0.4 is 0 Å². The van der Waals surface area contributed by atoms with E-state index in [2.05, 4.69) is 0 Å². The maximum absolute atomic E-state index is 13.7. The summed E-state index contributed by atoms with van der Waals surface area (Å²) in [7, 11) is 0. The normalized spacial score (nSPS) is 11.0. The fraction of sp³-hybridized carbons (Fsp3) is 0.312. The molecule has 0 saturated carbocycles. The van der Waals surface area contributed by atoms with E-state index < -0.39 is 12.1 Å². The van der Waals surface area contributed by atoms with Crippen LogP contribution in [0.5, 0.6) is 0 Å². The quantitative estimate of drug-likeness (QED) is 0.568. The van der Waals surface area contributed by atoms with Crippen LogP contribution in [0.3, 0.4) is 0 Å². The zero-order valence-electron chi connectivity index (χ0n) is 12.0. The molecular weight excluding hydrogens is 291 g/mol. The fourth-order valence-corrected chi connectivity index (χ4v) is 2.86. The molecule has 5 heteroatoms. The van der Waals surface area contributed by atoms with Gasteiger partial charge in [-0.3, -0.25) is 4.79 Å². The maximum atomic E-state index is 13.7. The van der Waals surface area contributed by atoms with Crippen LogP contribution in [0.2, 0.25) is 0 Å². The Bertz CT molecular complexity index is 603. The Balaban J connectivity index is 2.23. The highest BCUT2D eigenvalue weighted by molar-refractivity contribution is 7.14. The van der Waals surface area contributed by atoms with Crippen molar-refractivity contribution >= 4 is 17.1 Å². The minimum absolute atomic E-state index is 0.0790. The van der Waals surface area contributed by atoms with Gasteiger partial charge < -0.3 is 9.47 Å². The first kappa shape index (κ1) is 15.8. The summed E-state index contributed by atoms with van der Waals surface area (Å²) < 4.78 is 24.7. The summed E-state index contributed by atoms with van der Waals surface area (Å²) in [6.45, 7) is 4.79. The summed E-state index contributed by atoms with van der Waals surface area (Å²) in [6, 6.07) is 9.44. The predicted molar refractivity (Wildman–Crippen MR) is 80.1 cm³/mol. The SMILES string of the molecule is CCOC(OCC)c1ccc(C(=O)c2ccccc2F)s1. The molecule has 0 radical (unpaired) electrons. The first-order chi connectivity index (χ1) is 10.2. The van der Waals surface area contributed by atoms with Crippen molar-refractivity contribution in [2.75, 3.05) is 13.2 Å². The molecule has 1 aromatic carbocycles. The van der Waals surface area contributed by atoms with Crippen molar-refractivity contribution in [1.29, 1.82) is 0 Å². The van der Waals surface area contributed by atoms with Gasteiger partial charge >= 0.3 is 0 Å². The minimum Gasteiger partial charge on any atom is -0.348 e. The van der Waals surface area contributed by atoms with Crippen LogP contribution in [0.1, 0.15) is 40.2 Å². The molecule has 2 aromatic rings. The third kappa shape index (κ3) is 3.75. The number of rotatable bonds is 7. The molecule has 0 bridgehead atoms. The average molecular weight is 308 g/mol. The molecule has 112 valence electrons. The zero-order chi connectivity index (χ0) is 15.2. The van der Waals surface area contributed by atoms with E-state index in [1.807, 2.05) is 13.8 Å². The smallest absolute Gasteiger partial charge is 0.205 e. The Labute approximate surface area is 127 Å². The molecule has 0 fully saturated rings. The Kier molecular flexibility index (Phi) is 5.61. The van der Waals surface area contributed by atoms with Gasteiger partial charge in [0.15, 0.2) is 6.29 Å². The number of thiophene rings is 1. The van der Waals surface area contributed by atoms with Crippen molar-refractivity contribution in [3.8, 4) is 0 Å². The number of benzene rings is 1. The van der Waals surface area contributed by atoms with Crippen molar-refractivity contribution in [2.24, 2.45) is 0 Å². The standard InChI is InChI=1S/C16H17FO3S/c1-3-19-16(20-4-2)14-10-9-13(21-14)15(18)11-7-5-6-8-12(11)17/h5-10,16H,3-4H2,1-2H3. The third-order valence-corrected chi connectivity index (χ3v) is 3.94. The number of carbonyl (C=O) groups excluding carboxylic acids is 1. The topological polar surface area (TPSA) is 35.5 Å². The van der Waals surface area contributed by atoms with E-state index in [-0.39, 0.29) is 11.3 Å². The van der Waals surface area contributed by atoms with Gasteiger partial charge in [-0.05, 0) is 38.1 Å². The van der Waals surface area contributed by atoms with Crippen LogP contribution in [0.4, 0.5) is 4.39 Å². The molecule has 0 atom stereocenters. The fourth-order valence-electron chi connectivity index (χ4n) is 1.89. The van der Waals surface area contributed by atoms with E-state index in [1.54, 1.807) is 24.3 Å². The molecule has 0 spiro atoms. The Morgan fingerprint density at radius 1 is 1.14 bits per heavy atom. The number of ketones is 1. The van der Waals surface area contributed by atoms with E-state index >= 15 is 0 Å². The van der Waals surface area contributed by atoms with Gasteiger partial charge in [0, 0.05) is 13.2 Å². The van der Waals surface area contributed by atoms with E-state index in [4.69, 9.17) is 9.47 Å². The van der Waals surface area contributed by atoms with Crippen LogP contribution in [-0.2, 0) is 9.47 Å². The third-order valence-electron chi connectivity index (χ3n) is 2.84. The van der Waals surface area contributed by atoms with Crippen molar-refractivity contribution in [2.45, 2.75) is 20.1 Å². The highest BCUT2D eigenvalue weighted by atomic mass is 32.1. The predicted octanol–water partition coefficient (Wildman–Crippen LogP) is 4.19. The molecule has 0 saturated heterocycles. The van der Waals surface area contributed by atoms with Gasteiger partial charge in [-0.15, -0.1) is 11.3 Å². The second-order valence-corrected chi connectivity index (χ2v) is 5.37. The Morgan fingerprint density at radius 2 is 1.81 bits per heavy atom. The lowest BCUT2D eigenvalue weighted by atomic mass is 10.1. The first-order valence-corrected chi connectivity index (χ1v) is 7.61. The van der Waals surface area contributed by atoms with Crippen molar-refractivity contribution in [1.82, 2.24) is 0 Å². The second-order valence-electron chi connectivity index (χ2n) is 4.25. The molecule has 3 nitrogen and oxygen atoms in total. The van der Waals surface area contributed by atoms with Crippen LogP contribution in [-0.4, -0.2) is 19.0 Å². The van der Waals surface area contributed by atoms with Crippen molar-refractivity contribution < 1.29 is 18.7 Å². The van der Waals surface area contributed by atoms with E-state index in [1.165, 1.54) is 23.5 Å². The van der Waals surface area contributed by atoms with E-state index in [0.717, 1.165) is 4.88 Å². The largest absolute Gasteiger partial charge is 0.348 e. The molecule has 0 aliphatic carbocycles. The van der Waals surface area contributed by atoms with Gasteiger partial charge in [-0.2, -0.15) is 0 Å². The van der Waals surface area contributed by atoms with Crippen LogP contribution in [0.25, 0.3) is 0 Å². The van der Waals surface area contributed by atoms with Gasteiger partial charge in [-0.25, -0.2) is 4.39 Å². The summed E-state index contributed by atoms with van der Waals surface area (Å²) in [4.78, 5) is 13.6. The van der Waals surface area contributed by atoms with Gasteiger partial charge in [0.25, 0.3) is 0 Å². The molecule has 21 heavy (non-hydrogen) atoms. The van der Waals surface area contributed by atoms with Gasteiger partial charge in [0.05, 0.1) is 15.3 Å². The summed E-state index contributed by atoms with van der Waals surface area (Å²) in [5.41, 5.74) is 0.0790. The number of hydrogen-bond donors (Lipinski definition) is 0. The Hall–Kier alpha value is -1.56. The Morgan fingerprint density at radius 3 is 2.43 bits per heavy atom. The van der Waals surface area contributed by atoms with Crippen molar-refractivity contribution in [3.05, 3.63) is 57.5 Å². The molecule has 0 aliphatic heterocycles. The monoisotopic (exact) mass is 308 g/mol. The molecule has 0 aliphatic rings. The summed E-state index contributed by atoms with van der Waals surface area (Å²) in [5.74, 6) is -0.834.